The molecule has 0 atom stereocenters. The third-order valence-electron chi connectivity index (χ3n) is 4.00. The highest BCUT2D eigenvalue weighted by Gasteiger charge is 2.00. The number of hydrogen-bond donors (Lipinski definition) is 0. The molecule has 0 heterocycles. The predicted molar refractivity (Wildman–Crippen MR) is 95.8 cm³/mol. The number of hydrogen-bond acceptors (Lipinski definition) is 2. The van der Waals surface area contributed by atoms with Crippen LogP contribution in [0.15, 0.2) is 12.3 Å². The number of ether oxygens (including phenoxy) is 1. The van der Waals surface area contributed by atoms with Gasteiger partial charge in [0.15, 0.2) is 0 Å². The predicted octanol–water partition coefficient (Wildman–Crippen LogP) is 6.93. The van der Waals surface area contributed by atoms with Crippen LogP contribution in [0, 0.1) is 0 Å². The summed E-state index contributed by atoms with van der Waals surface area (Å²) in [6, 6.07) is 0. The van der Waals surface area contributed by atoms with Crippen molar-refractivity contribution in [3.63, 3.8) is 0 Å². The highest BCUT2D eigenvalue weighted by Crippen LogP contribution is 2.09. The minimum Gasteiger partial charge on any atom is -0.435 e. The first kappa shape index (κ1) is 21.2. The third kappa shape index (κ3) is 17.3. The second-order valence-electron chi connectivity index (χ2n) is 6.29. The van der Waals surface area contributed by atoms with Gasteiger partial charge in [0.05, 0.1) is 6.26 Å². The molecule has 0 saturated carbocycles. The second kappa shape index (κ2) is 18.3. The fourth-order valence-corrected chi connectivity index (χ4v) is 2.52. The zero-order valence-electron chi connectivity index (χ0n) is 15.1. The van der Waals surface area contributed by atoms with E-state index in [2.05, 4.69) is 13.8 Å². The molecule has 0 aliphatic carbocycles. The summed E-state index contributed by atoms with van der Waals surface area (Å²) in [5, 5.41) is 0. The second-order valence-corrected chi connectivity index (χ2v) is 6.29. The van der Waals surface area contributed by atoms with Gasteiger partial charge in [0.1, 0.15) is 0 Å². The largest absolute Gasteiger partial charge is 0.435 e. The molecule has 0 aliphatic heterocycles. The van der Waals surface area contributed by atoms with Crippen LogP contribution < -0.4 is 0 Å². The molecule has 0 aromatic heterocycles. The standard InChI is InChI=1S/C20H38O2/c1-3-5-7-9-11-13-15-17-19-22-20(21)18-16-14-12-10-8-6-4-2/h17,19H,3-16,18H2,1-2H3. The summed E-state index contributed by atoms with van der Waals surface area (Å²) in [6.45, 7) is 4.47. The van der Waals surface area contributed by atoms with Gasteiger partial charge in [-0.1, -0.05) is 84.5 Å². The molecule has 22 heavy (non-hydrogen) atoms. The van der Waals surface area contributed by atoms with Gasteiger partial charge in [0.2, 0.25) is 0 Å². The Kier molecular flexibility index (Phi) is 17.6. The van der Waals surface area contributed by atoms with Gasteiger partial charge >= 0.3 is 5.97 Å². The summed E-state index contributed by atoms with van der Waals surface area (Å²) in [5.41, 5.74) is 0. The fourth-order valence-electron chi connectivity index (χ4n) is 2.52. The highest BCUT2D eigenvalue weighted by molar-refractivity contribution is 5.69. The average molecular weight is 311 g/mol. The van der Waals surface area contributed by atoms with Crippen molar-refractivity contribution in [1.29, 1.82) is 0 Å². The molecule has 0 aromatic rings. The van der Waals surface area contributed by atoms with Crippen molar-refractivity contribution in [3.8, 4) is 0 Å². The Balaban J connectivity index is 3.25. The van der Waals surface area contributed by atoms with E-state index in [4.69, 9.17) is 4.74 Å². The third-order valence-corrected chi connectivity index (χ3v) is 4.00. The van der Waals surface area contributed by atoms with Crippen LogP contribution in [0.2, 0.25) is 0 Å². The lowest BCUT2D eigenvalue weighted by atomic mass is 10.1. The van der Waals surface area contributed by atoms with Crippen LogP contribution in [0.1, 0.15) is 110 Å². The molecule has 2 nitrogen and oxygen atoms in total. The van der Waals surface area contributed by atoms with Crippen molar-refractivity contribution in [1.82, 2.24) is 0 Å². The van der Waals surface area contributed by atoms with E-state index in [9.17, 15) is 4.79 Å². The van der Waals surface area contributed by atoms with Gasteiger partial charge in [-0.2, -0.15) is 0 Å². The Morgan fingerprint density at radius 3 is 1.82 bits per heavy atom. The Morgan fingerprint density at radius 2 is 1.23 bits per heavy atom. The van der Waals surface area contributed by atoms with Gasteiger partial charge in [0, 0.05) is 6.42 Å². The Morgan fingerprint density at radius 1 is 0.727 bits per heavy atom. The molecule has 0 bridgehead atoms. The van der Waals surface area contributed by atoms with E-state index in [1.54, 1.807) is 6.26 Å². The van der Waals surface area contributed by atoms with E-state index in [0.717, 1.165) is 19.3 Å². The van der Waals surface area contributed by atoms with E-state index in [1.807, 2.05) is 6.08 Å². The van der Waals surface area contributed by atoms with Crippen LogP contribution >= 0.6 is 0 Å². The first-order valence-electron chi connectivity index (χ1n) is 9.65. The quantitative estimate of drug-likeness (QED) is 0.175. The van der Waals surface area contributed by atoms with E-state index in [0.29, 0.717) is 6.42 Å². The average Bonchev–Trinajstić information content (AvgIpc) is 2.52. The molecule has 0 amide bonds. The zero-order chi connectivity index (χ0) is 16.3. The lowest BCUT2D eigenvalue weighted by Gasteiger charge is -2.01. The minimum atomic E-state index is -0.0762. The van der Waals surface area contributed by atoms with Crippen molar-refractivity contribution in [2.75, 3.05) is 0 Å². The Bertz CT molecular complexity index is 258. The summed E-state index contributed by atoms with van der Waals surface area (Å²) in [6.07, 6.45) is 21.6. The monoisotopic (exact) mass is 310 g/mol. The Hall–Kier alpha value is -0.790. The van der Waals surface area contributed by atoms with E-state index in [1.165, 1.54) is 70.6 Å². The number of carbonyl (C=O) groups is 1. The lowest BCUT2D eigenvalue weighted by Crippen LogP contribution is -1.98. The number of esters is 1. The summed E-state index contributed by atoms with van der Waals surface area (Å²) >= 11 is 0. The molecular formula is C20H38O2. The van der Waals surface area contributed by atoms with E-state index < -0.39 is 0 Å². The maximum Gasteiger partial charge on any atom is 0.310 e. The number of unbranched alkanes of at least 4 members (excludes halogenated alkanes) is 12. The molecular weight excluding hydrogens is 272 g/mol. The SMILES string of the molecule is CCCCCCCCC=COC(=O)CCCCCCCCC. The summed E-state index contributed by atoms with van der Waals surface area (Å²) in [7, 11) is 0. The molecule has 0 N–H and O–H groups in total. The van der Waals surface area contributed by atoms with Gasteiger partial charge < -0.3 is 4.74 Å². The van der Waals surface area contributed by atoms with Crippen molar-refractivity contribution in [2.24, 2.45) is 0 Å². The van der Waals surface area contributed by atoms with Crippen molar-refractivity contribution < 1.29 is 9.53 Å². The normalized spacial score (nSPS) is 11.2. The fraction of sp³-hybridized carbons (Fsp3) is 0.850. The number of carbonyl (C=O) groups excluding carboxylic acids is 1. The van der Waals surface area contributed by atoms with Crippen LogP contribution in [-0.2, 0) is 9.53 Å². The zero-order valence-corrected chi connectivity index (χ0v) is 15.1. The van der Waals surface area contributed by atoms with E-state index >= 15 is 0 Å². The first-order chi connectivity index (χ1) is 10.8. The van der Waals surface area contributed by atoms with Crippen molar-refractivity contribution in [3.05, 3.63) is 12.3 Å². The molecule has 0 spiro atoms. The van der Waals surface area contributed by atoms with Crippen LogP contribution in [0.3, 0.4) is 0 Å². The molecule has 0 radical (unpaired) electrons. The van der Waals surface area contributed by atoms with Crippen LogP contribution in [0.25, 0.3) is 0 Å². The molecule has 0 saturated heterocycles. The summed E-state index contributed by atoms with van der Waals surface area (Å²) in [4.78, 5) is 11.5. The van der Waals surface area contributed by atoms with Crippen molar-refractivity contribution in [2.45, 2.75) is 110 Å². The number of rotatable bonds is 16. The molecule has 2 heteroatoms. The van der Waals surface area contributed by atoms with Crippen LogP contribution in [0.5, 0.6) is 0 Å². The van der Waals surface area contributed by atoms with E-state index in [-0.39, 0.29) is 5.97 Å². The maximum atomic E-state index is 11.5. The molecule has 0 fully saturated rings. The molecule has 130 valence electrons. The highest BCUT2D eigenvalue weighted by atomic mass is 16.5. The van der Waals surface area contributed by atoms with Crippen LogP contribution in [0.4, 0.5) is 0 Å². The van der Waals surface area contributed by atoms with Gasteiger partial charge in [-0.25, -0.2) is 0 Å². The van der Waals surface area contributed by atoms with Crippen molar-refractivity contribution >= 4 is 5.97 Å². The molecule has 0 aromatic carbocycles. The maximum absolute atomic E-state index is 11.5. The molecule has 0 aliphatic rings. The first-order valence-corrected chi connectivity index (χ1v) is 9.65. The minimum absolute atomic E-state index is 0.0762. The smallest absolute Gasteiger partial charge is 0.310 e. The molecule has 0 unspecified atom stereocenters. The van der Waals surface area contributed by atoms with Crippen LogP contribution in [-0.4, -0.2) is 5.97 Å². The van der Waals surface area contributed by atoms with Gasteiger partial charge in [-0.15, -0.1) is 0 Å². The van der Waals surface area contributed by atoms with Gasteiger partial charge in [-0.3, -0.25) is 4.79 Å². The summed E-state index contributed by atoms with van der Waals surface area (Å²) < 4.78 is 5.11. The molecule has 0 rings (SSSR count). The number of allylic oxidation sites excluding steroid dienone is 1. The summed E-state index contributed by atoms with van der Waals surface area (Å²) in [5.74, 6) is -0.0762. The Labute approximate surface area is 138 Å². The van der Waals surface area contributed by atoms with Gasteiger partial charge in [0.25, 0.3) is 0 Å². The topological polar surface area (TPSA) is 26.3 Å². The van der Waals surface area contributed by atoms with Gasteiger partial charge in [-0.05, 0) is 25.3 Å². The lowest BCUT2D eigenvalue weighted by molar-refractivity contribution is -0.138.